The molecule has 110 valence electrons. The summed E-state index contributed by atoms with van der Waals surface area (Å²) in [5.74, 6) is -0.697. The second kappa shape index (κ2) is 6.88. The Morgan fingerprint density at radius 1 is 1.40 bits per heavy atom. The Bertz CT molecular complexity index is 486. The number of primary amides is 1. The van der Waals surface area contributed by atoms with E-state index in [-0.39, 0.29) is 12.5 Å². The van der Waals surface area contributed by atoms with Crippen molar-refractivity contribution in [2.24, 2.45) is 11.1 Å². The van der Waals surface area contributed by atoms with Gasteiger partial charge in [0, 0.05) is 19.3 Å². The van der Waals surface area contributed by atoms with E-state index in [0.717, 1.165) is 13.0 Å². The standard InChI is InChI=1S/C14H22N4O2/c1-4-6-17-11-8-16-7-5-10(11)12(19)18-9-14(2,3)13(15)20/h5,7-8,17H,4,6,9H2,1-3H3,(H2,15,20)(H,18,19). The molecule has 0 aromatic carbocycles. The van der Waals surface area contributed by atoms with Gasteiger partial charge in [-0.25, -0.2) is 0 Å². The van der Waals surface area contributed by atoms with Crippen LogP contribution in [0, 0.1) is 5.41 Å². The maximum Gasteiger partial charge on any atom is 0.253 e. The number of amides is 2. The molecule has 0 aliphatic rings. The molecule has 0 spiro atoms. The van der Waals surface area contributed by atoms with Gasteiger partial charge in [-0.2, -0.15) is 0 Å². The molecule has 0 atom stereocenters. The highest BCUT2D eigenvalue weighted by Crippen LogP contribution is 2.15. The van der Waals surface area contributed by atoms with Crippen molar-refractivity contribution < 1.29 is 9.59 Å². The van der Waals surface area contributed by atoms with Gasteiger partial charge < -0.3 is 16.4 Å². The minimum Gasteiger partial charge on any atom is -0.383 e. The smallest absolute Gasteiger partial charge is 0.253 e. The molecule has 0 unspecified atom stereocenters. The van der Waals surface area contributed by atoms with Crippen molar-refractivity contribution in [1.82, 2.24) is 10.3 Å². The zero-order valence-corrected chi connectivity index (χ0v) is 12.2. The summed E-state index contributed by atoms with van der Waals surface area (Å²) >= 11 is 0. The second-order valence-corrected chi connectivity index (χ2v) is 5.28. The number of carbonyl (C=O) groups excluding carboxylic acids is 2. The fourth-order valence-corrected chi connectivity index (χ4v) is 1.48. The number of nitrogens with one attached hydrogen (secondary N) is 2. The maximum atomic E-state index is 12.2. The van der Waals surface area contributed by atoms with E-state index in [2.05, 4.69) is 15.6 Å². The molecule has 1 aromatic rings. The topological polar surface area (TPSA) is 97.1 Å². The fourth-order valence-electron chi connectivity index (χ4n) is 1.48. The molecule has 0 saturated carbocycles. The van der Waals surface area contributed by atoms with Crippen LogP contribution < -0.4 is 16.4 Å². The molecular formula is C14H22N4O2. The van der Waals surface area contributed by atoms with Gasteiger partial charge in [0.05, 0.1) is 22.9 Å². The average molecular weight is 278 g/mol. The van der Waals surface area contributed by atoms with Crippen molar-refractivity contribution >= 4 is 17.5 Å². The highest BCUT2D eigenvalue weighted by atomic mass is 16.2. The minimum atomic E-state index is -0.778. The van der Waals surface area contributed by atoms with Crippen LogP contribution in [-0.4, -0.2) is 29.9 Å². The van der Waals surface area contributed by atoms with Gasteiger partial charge in [-0.1, -0.05) is 6.92 Å². The average Bonchev–Trinajstić information content (AvgIpc) is 2.42. The van der Waals surface area contributed by atoms with Crippen LogP contribution in [0.4, 0.5) is 5.69 Å². The second-order valence-electron chi connectivity index (χ2n) is 5.28. The first kappa shape index (κ1) is 15.9. The Morgan fingerprint density at radius 2 is 2.10 bits per heavy atom. The van der Waals surface area contributed by atoms with Crippen molar-refractivity contribution in [2.75, 3.05) is 18.4 Å². The van der Waals surface area contributed by atoms with Crippen LogP contribution in [0.3, 0.4) is 0 Å². The van der Waals surface area contributed by atoms with Crippen LogP contribution in [0.2, 0.25) is 0 Å². The first-order valence-electron chi connectivity index (χ1n) is 6.64. The molecule has 0 bridgehead atoms. The molecule has 6 heteroatoms. The molecule has 20 heavy (non-hydrogen) atoms. The van der Waals surface area contributed by atoms with E-state index in [1.54, 1.807) is 32.3 Å². The van der Waals surface area contributed by atoms with Crippen LogP contribution in [-0.2, 0) is 4.79 Å². The number of rotatable bonds is 7. The highest BCUT2D eigenvalue weighted by molar-refractivity contribution is 5.99. The van der Waals surface area contributed by atoms with Crippen LogP contribution in [0.25, 0.3) is 0 Å². The van der Waals surface area contributed by atoms with E-state index in [0.29, 0.717) is 11.3 Å². The van der Waals surface area contributed by atoms with Gasteiger partial charge in [0.25, 0.3) is 5.91 Å². The quantitative estimate of drug-likeness (QED) is 0.697. The normalized spacial score (nSPS) is 10.9. The Kier molecular flexibility index (Phi) is 5.49. The summed E-state index contributed by atoms with van der Waals surface area (Å²) in [5.41, 5.74) is 5.69. The Labute approximate surface area is 119 Å². The van der Waals surface area contributed by atoms with Gasteiger partial charge in [0.1, 0.15) is 0 Å². The van der Waals surface area contributed by atoms with Crippen molar-refractivity contribution in [3.8, 4) is 0 Å². The molecule has 6 nitrogen and oxygen atoms in total. The molecule has 1 heterocycles. The lowest BCUT2D eigenvalue weighted by atomic mass is 9.92. The molecular weight excluding hydrogens is 256 g/mol. The molecule has 0 saturated heterocycles. The van der Waals surface area contributed by atoms with E-state index >= 15 is 0 Å². The third-order valence-corrected chi connectivity index (χ3v) is 2.99. The summed E-state index contributed by atoms with van der Waals surface area (Å²) in [6.07, 6.45) is 4.12. The predicted octanol–water partition coefficient (Wildman–Crippen LogP) is 1.14. The third-order valence-electron chi connectivity index (χ3n) is 2.99. The summed E-state index contributed by atoms with van der Waals surface area (Å²) in [5, 5.41) is 5.88. The SMILES string of the molecule is CCCNc1cnccc1C(=O)NCC(C)(C)C(N)=O. The number of hydrogen-bond donors (Lipinski definition) is 3. The third kappa shape index (κ3) is 4.22. The van der Waals surface area contributed by atoms with Gasteiger partial charge in [0.2, 0.25) is 5.91 Å². The van der Waals surface area contributed by atoms with Crippen LogP contribution >= 0.6 is 0 Å². The first-order chi connectivity index (χ1) is 9.38. The van der Waals surface area contributed by atoms with E-state index in [9.17, 15) is 9.59 Å². The first-order valence-corrected chi connectivity index (χ1v) is 6.64. The van der Waals surface area contributed by atoms with Crippen molar-refractivity contribution in [3.63, 3.8) is 0 Å². The summed E-state index contributed by atoms with van der Waals surface area (Å²) in [6.45, 7) is 6.38. The summed E-state index contributed by atoms with van der Waals surface area (Å²) in [7, 11) is 0. The zero-order chi connectivity index (χ0) is 15.2. The number of aromatic nitrogens is 1. The molecule has 4 N–H and O–H groups in total. The molecule has 0 fully saturated rings. The molecule has 0 radical (unpaired) electrons. The lowest BCUT2D eigenvalue weighted by Gasteiger charge is -2.21. The molecule has 2 amide bonds. The monoisotopic (exact) mass is 278 g/mol. The van der Waals surface area contributed by atoms with E-state index < -0.39 is 11.3 Å². The molecule has 0 aliphatic carbocycles. The lowest BCUT2D eigenvalue weighted by Crippen LogP contribution is -2.42. The van der Waals surface area contributed by atoms with E-state index in [1.165, 1.54) is 0 Å². The number of nitrogens with two attached hydrogens (primary N) is 1. The highest BCUT2D eigenvalue weighted by Gasteiger charge is 2.26. The van der Waals surface area contributed by atoms with Crippen molar-refractivity contribution in [1.29, 1.82) is 0 Å². The lowest BCUT2D eigenvalue weighted by molar-refractivity contribution is -0.125. The summed E-state index contributed by atoms with van der Waals surface area (Å²) < 4.78 is 0. The number of pyridine rings is 1. The Morgan fingerprint density at radius 3 is 2.70 bits per heavy atom. The largest absolute Gasteiger partial charge is 0.383 e. The van der Waals surface area contributed by atoms with Gasteiger partial charge >= 0.3 is 0 Å². The van der Waals surface area contributed by atoms with Crippen LogP contribution in [0.15, 0.2) is 18.5 Å². The number of anilines is 1. The Hall–Kier alpha value is -2.11. The predicted molar refractivity (Wildman–Crippen MR) is 78.3 cm³/mol. The summed E-state index contributed by atoms with van der Waals surface area (Å²) in [4.78, 5) is 27.4. The number of hydrogen-bond acceptors (Lipinski definition) is 4. The van der Waals surface area contributed by atoms with E-state index in [4.69, 9.17) is 5.73 Å². The van der Waals surface area contributed by atoms with Gasteiger partial charge in [0.15, 0.2) is 0 Å². The molecule has 1 rings (SSSR count). The van der Waals surface area contributed by atoms with Gasteiger partial charge in [-0.05, 0) is 26.3 Å². The minimum absolute atomic E-state index is 0.191. The summed E-state index contributed by atoms with van der Waals surface area (Å²) in [6, 6.07) is 1.64. The fraction of sp³-hybridized carbons (Fsp3) is 0.500. The Balaban J connectivity index is 2.75. The number of carbonyl (C=O) groups is 2. The van der Waals surface area contributed by atoms with Crippen molar-refractivity contribution in [3.05, 3.63) is 24.0 Å². The van der Waals surface area contributed by atoms with Gasteiger partial charge in [-0.15, -0.1) is 0 Å². The number of nitrogens with zero attached hydrogens (tertiary/aromatic N) is 1. The maximum absolute atomic E-state index is 12.2. The zero-order valence-electron chi connectivity index (χ0n) is 12.2. The van der Waals surface area contributed by atoms with Crippen LogP contribution in [0.5, 0.6) is 0 Å². The van der Waals surface area contributed by atoms with Gasteiger partial charge in [-0.3, -0.25) is 14.6 Å². The van der Waals surface area contributed by atoms with Crippen molar-refractivity contribution in [2.45, 2.75) is 27.2 Å². The van der Waals surface area contributed by atoms with E-state index in [1.807, 2.05) is 6.92 Å². The molecule has 0 aliphatic heterocycles. The molecule has 1 aromatic heterocycles. The van der Waals surface area contributed by atoms with Crippen LogP contribution in [0.1, 0.15) is 37.6 Å².